The van der Waals surface area contributed by atoms with Crippen molar-refractivity contribution >= 4 is 11.7 Å². The number of nitrogens with zero attached hydrogens (tertiary/aromatic N) is 3. The second-order valence-electron chi connectivity index (χ2n) is 7.06. The summed E-state index contributed by atoms with van der Waals surface area (Å²) in [5, 5.41) is 7.51. The summed E-state index contributed by atoms with van der Waals surface area (Å²) in [4.78, 5) is 14.7. The van der Waals surface area contributed by atoms with E-state index in [0.717, 1.165) is 41.2 Å². The van der Waals surface area contributed by atoms with Gasteiger partial charge in [-0.2, -0.15) is 5.10 Å². The molecule has 1 aliphatic rings. The molecule has 3 aromatic rings. The SMILES string of the molecule is COc1ccc([C@H](C)NC(=O)N2CCCc3c2cnn3-c2ccc(F)cc2)cc1. The maximum absolute atomic E-state index is 13.2. The first kappa shape index (κ1) is 19.0. The fourth-order valence-corrected chi connectivity index (χ4v) is 3.60. The third-order valence-electron chi connectivity index (χ3n) is 5.21. The Morgan fingerprint density at radius 3 is 2.59 bits per heavy atom. The summed E-state index contributed by atoms with van der Waals surface area (Å²) >= 11 is 0. The van der Waals surface area contributed by atoms with Gasteiger partial charge in [-0.15, -0.1) is 0 Å². The summed E-state index contributed by atoms with van der Waals surface area (Å²) < 4.78 is 20.2. The number of benzene rings is 2. The second kappa shape index (κ2) is 7.95. The number of nitrogens with one attached hydrogen (secondary N) is 1. The van der Waals surface area contributed by atoms with Crippen LogP contribution < -0.4 is 15.0 Å². The quantitative estimate of drug-likeness (QED) is 0.720. The van der Waals surface area contributed by atoms with Crippen molar-refractivity contribution in [3.63, 3.8) is 0 Å². The Kier molecular flexibility index (Phi) is 5.20. The van der Waals surface area contributed by atoms with E-state index >= 15 is 0 Å². The molecule has 6 nitrogen and oxygen atoms in total. The van der Waals surface area contributed by atoms with E-state index in [0.29, 0.717) is 6.54 Å². The summed E-state index contributed by atoms with van der Waals surface area (Å²) in [5.74, 6) is 0.490. The van der Waals surface area contributed by atoms with E-state index in [-0.39, 0.29) is 17.9 Å². The van der Waals surface area contributed by atoms with Gasteiger partial charge in [0.15, 0.2) is 0 Å². The predicted octanol–water partition coefficient (Wildman–Crippen LogP) is 4.24. The zero-order valence-electron chi connectivity index (χ0n) is 16.4. The molecule has 1 aliphatic heterocycles. The number of halogens is 1. The number of rotatable bonds is 4. The Morgan fingerprint density at radius 1 is 1.17 bits per heavy atom. The van der Waals surface area contributed by atoms with Gasteiger partial charge in [-0.05, 0) is 61.7 Å². The van der Waals surface area contributed by atoms with Gasteiger partial charge in [0, 0.05) is 6.54 Å². The number of aromatic nitrogens is 2. The zero-order chi connectivity index (χ0) is 20.4. The Hall–Kier alpha value is -3.35. The monoisotopic (exact) mass is 394 g/mol. The van der Waals surface area contributed by atoms with Crippen LogP contribution in [0.25, 0.3) is 5.69 Å². The summed E-state index contributed by atoms with van der Waals surface area (Å²) in [6.07, 6.45) is 3.35. The summed E-state index contributed by atoms with van der Waals surface area (Å²) in [7, 11) is 1.63. The minimum Gasteiger partial charge on any atom is -0.497 e. The molecule has 0 radical (unpaired) electrons. The Balaban J connectivity index is 1.53. The maximum Gasteiger partial charge on any atom is 0.322 e. The van der Waals surface area contributed by atoms with Crippen molar-refractivity contribution in [2.24, 2.45) is 0 Å². The van der Waals surface area contributed by atoms with Crippen LogP contribution in [0.3, 0.4) is 0 Å². The van der Waals surface area contributed by atoms with E-state index < -0.39 is 0 Å². The summed E-state index contributed by atoms with van der Waals surface area (Å²) in [6, 6.07) is 13.5. The number of methoxy groups -OCH3 is 1. The highest BCUT2D eigenvalue weighted by molar-refractivity contribution is 5.93. The van der Waals surface area contributed by atoms with Gasteiger partial charge in [-0.3, -0.25) is 4.90 Å². The van der Waals surface area contributed by atoms with E-state index in [1.165, 1.54) is 12.1 Å². The smallest absolute Gasteiger partial charge is 0.322 e. The van der Waals surface area contributed by atoms with Crippen molar-refractivity contribution in [1.29, 1.82) is 0 Å². The van der Waals surface area contributed by atoms with Gasteiger partial charge >= 0.3 is 6.03 Å². The fourth-order valence-electron chi connectivity index (χ4n) is 3.60. The summed E-state index contributed by atoms with van der Waals surface area (Å²) in [6.45, 7) is 2.58. The molecule has 2 amide bonds. The molecule has 4 rings (SSSR count). The molecule has 29 heavy (non-hydrogen) atoms. The second-order valence-corrected chi connectivity index (χ2v) is 7.06. The van der Waals surface area contributed by atoms with Crippen LogP contribution in [0.2, 0.25) is 0 Å². The maximum atomic E-state index is 13.2. The van der Waals surface area contributed by atoms with Crippen molar-refractivity contribution in [1.82, 2.24) is 15.1 Å². The summed E-state index contributed by atoms with van der Waals surface area (Å²) in [5.41, 5.74) is 3.52. The Labute approximate surface area is 168 Å². The van der Waals surface area contributed by atoms with Crippen molar-refractivity contribution in [3.05, 3.63) is 71.8 Å². The molecular formula is C22H23FN4O2. The van der Waals surface area contributed by atoms with Gasteiger partial charge in [0.25, 0.3) is 0 Å². The average molecular weight is 394 g/mol. The van der Waals surface area contributed by atoms with Crippen LogP contribution in [0.4, 0.5) is 14.9 Å². The van der Waals surface area contributed by atoms with Gasteiger partial charge in [0.2, 0.25) is 0 Å². The number of carbonyl (C=O) groups is 1. The molecule has 0 unspecified atom stereocenters. The van der Waals surface area contributed by atoms with Crippen LogP contribution >= 0.6 is 0 Å². The third kappa shape index (κ3) is 3.81. The van der Waals surface area contributed by atoms with Crippen molar-refractivity contribution in [2.75, 3.05) is 18.6 Å². The first-order valence-electron chi connectivity index (χ1n) is 9.61. The van der Waals surface area contributed by atoms with E-state index in [4.69, 9.17) is 4.74 Å². The minimum absolute atomic E-state index is 0.147. The first-order valence-corrected chi connectivity index (χ1v) is 9.61. The van der Waals surface area contributed by atoms with Gasteiger partial charge in [0.1, 0.15) is 11.6 Å². The van der Waals surface area contributed by atoms with Gasteiger partial charge in [0.05, 0.1) is 36.4 Å². The Bertz CT molecular complexity index is 999. The van der Waals surface area contributed by atoms with E-state index in [1.54, 1.807) is 35.0 Å². The van der Waals surface area contributed by atoms with Crippen molar-refractivity contribution in [3.8, 4) is 11.4 Å². The Morgan fingerprint density at radius 2 is 1.90 bits per heavy atom. The fraction of sp³-hybridized carbons (Fsp3) is 0.273. The van der Waals surface area contributed by atoms with E-state index in [2.05, 4.69) is 10.4 Å². The molecule has 0 bridgehead atoms. The number of ether oxygens (including phenoxy) is 1. The highest BCUT2D eigenvalue weighted by atomic mass is 19.1. The van der Waals surface area contributed by atoms with Crippen LogP contribution in [0.1, 0.15) is 30.6 Å². The molecule has 7 heteroatoms. The van der Waals surface area contributed by atoms with Crippen molar-refractivity contribution < 1.29 is 13.9 Å². The molecule has 0 aliphatic carbocycles. The molecule has 0 spiro atoms. The topological polar surface area (TPSA) is 59.4 Å². The molecule has 0 saturated heterocycles. The van der Waals surface area contributed by atoms with Crippen LogP contribution in [0, 0.1) is 5.82 Å². The number of urea groups is 1. The molecule has 1 atom stereocenters. The van der Waals surface area contributed by atoms with Gasteiger partial charge in [-0.1, -0.05) is 12.1 Å². The molecule has 150 valence electrons. The lowest BCUT2D eigenvalue weighted by molar-refractivity contribution is 0.243. The van der Waals surface area contributed by atoms with Crippen LogP contribution in [0.15, 0.2) is 54.7 Å². The van der Waals surface area contributed by atoms with Gasteiger partial charge < -0.3 is 10.1 Å². The van der Waals surface area contributed by atoms with Crippen LogP contribution in [-0.4, -0.2) is 29.5 Å². The predicted molar refractivity (Wildman–Crippen MR) is 109 cm³/mol. The van der Waals surface area contributed by atoms with Crippen molar-refractivity contribution in [2.45, 2.75) is 25.8 Å². The number of hydrogen-bond donors (Lipinski definition) is 1. The number of anilines is 1. The average Bonchev–Trinajstić information content (AvgIpc) is 3.18. The molecule has 2 aromatic carbocycles. The number of fused-ring (bicyclic) bond motifs is 1. The third-order valence-corrected chi connectivity index (χ3v) is 5.21. The molecule has 1 N–H and O–H groups in total. The van der Waals surface area contributed by atoms with Crippen LogP contribution in [0.5, 0.6) is 5.75 Å². The number of hydrogen-bond acceptors (Lipinski definition) is 3. The highest BCUT2D eigenvalue weighted by Crippen LogP contribution is 2.29. The lowest BCUT2D eigenvalue weighted by atomic mass is 10.1. The molecule has 1 aromatic heterocycles. The molecule has 0 saturated carbocycles. The number of carbonyl (C=O) groups excluding carboxylic acids is 1. The molecule has 0 fully saturated rings. The molecule has 2 heterocycles. The lowest BCUT2D eigenvalue weighted by Gasteiger charge is -2.29. The van der Waals surface area contributed by atoms with E-state index in [9.17, 15) is 9.18 Å². The van der Waals surface area contributed by atoms with E-state index in [1.807, 2.05) is 31.2 Å². The number of amides is 2. The minimum atomic E-state index is -0.289. The van der Waals surface area contributed by atoms with Gasteiger partial charge in [-0.25, -0.2) is 13.9 Å². The normalized spacial score (nSPS) is 14.2. The molecular weight excluding hydrogens is 371 g/mol. The highest BCUT2D eigenvalue weighted by Gasteiger charge is 2.27. The lowest BCUT2D eigenvalue weighted by Crippen LogP contribution is -2.43. The first-order chi connectivity index (χ1) is 14.1. The zero-order valence-corrected chi connectivity index (χ0v) is 16.4. The van der Waals surface area contributed by atoms with Crippen LogP contribution in [-0.2, 0) is 6.42 Å². The standard InChI is InChI=1S/C22H23FN4O2/c1-15(16-5-11-19(29-2)12-6-16)25-22(28)26-13-3-4-20-21(26)14-24-27(20)18-9-7-17(23)8-10-18/h5-12,14-15H,3-4,13H2,1-2H3,(H,25,28)/t15-/m0/s1. The largest absolute Gasteiger partial charge is 0.497 e.